The molecule has 0 bridgehead atoms. The molecule has 112 valence electrons. The first kappa shape index (κ1) is 13.5. The Bertz CT molecular complexity index is 959. The highest BCUT2D eigenvalue weighted by atomic mass is 16.1. The zero-order chi connectivity index (χ0) is 16.0. The van der Waals surface area contributed by atoms with Crippen molar-refractivity contribution in [3.05, 3.63) is 76.6 Å². The molecule has 0 saturated carbocycles. The number of carbonyl (C=O) groups excluding carboxylic acids is 2. The van der Waals surface area contributed by atoms with E-state index in [1.54, 1.807) is 53.3 Å². The zero-order valence-corrected chi connectivity index (χ0v) is 12.1. The van der Waals surface area contributed by atoms with E-state index in [0.29, 0.717) is 33.6 Å². The van der Waals surface area contributed by atoms with E-state index in [4.69, 9.17) is 5.73 Å². The highest BCUT2D eigenvalue weighted by molar-refractivity contribution is 6.28. The molecule has 1 aliphatic rings. The molecule has 3 aromatic rings. The van der Waals surface area contributed by atoms with E-state index >= 15 is 0 Å². The lowest BCUT2D eigenvalue weighted by atomic mass is 9.84. The van der Waals surface area contributed by atoms with Gasteiger partial charge in [0.05, 0.1) is 17.6 Å². The summed E-state index contributed by atoms with van der Waals surface area (Å²) >= 11 is 0. The molecule has 0 fully saturated rings. The summed E-state index contributed by atoms with van der Waals surface area (Å²) in [5.41, 5.74) is 8.52. The maximum atomic E-state index is 12.7. The maximum absolute atomic E-state index is 12.7. The summed E-state index contributed by atoms with van der Waals surface area (Å²) in [4.78, 5) is 25.2. The van der Waals surface area contributed by atoms with Gasteiger partial charge in [-0.2, -0.15) is 0 Å². The molecule has 0 radical (unpaired) electrons. The SMILES string of the molecule is NCc1cn(-c2ccc3c(c2)C(=O)c2ccccc2C3=O)nn1. The van der Waals surface area contributed by atoms with Crippen molar-refractivity contribution in [2.24, 2.45) is 5.73 Å². The monoisotopic (exact) mass is 304 g/mol. The Hall–Kier alpha value is -3.12. The Balaban J connectivity index is 1.86. The summed E-state index contributed by atoms with van der Waals surface area (Å²) in [5, 5.41) is 7.91. The standard InChI is InChI=1S/C17H12N4O2/c18-8-10-9-21(20-19-10)11-5-6-14-15(7-11)17(23)13-4-2-1-3-12(13)16(14)22/h1-7,9H,8,18H2. The molecule has 6 heteroatoms. The summed E-state index contributed by atoms with van der Waals surface area (Å²) in [6.45, 7) is 0.287. The van der Waals surface area contributed by atoms with Gasteiger partial charge in [0.2, 0.25) is 0 Å². The smallest absolute Gasteiger partial charge is 0.194 e. The van der Waals surface area contributed by atoms with Gasteiger partial charge in [0.15, 0.2) is 11.6 Å². The van der Waals surface area contributed by atoms with E-state index in [1.807, 2.05) is 0 Å². The molecule has 2 aromatic carbocycles. The highest BCUT2D eigenvalue weighted by Crippen LogP contribution is 2.28. The molecule has 4 rings (SSSR count). The quantitative estimate of drug-likeness (QED) is 0.606. The average Bonchev–Trinajstić information content (AvgIpc) is 3.08. The number of nitrogens with two attached hydrogens (primary N) is 1. The van der Waals surface area contributed by atoms with Gasteiger partial charge in [-0.3, -0.25) is 9.59 Å². The largest absolute Gasteiger partial charge is 0.325 e. The second-order valence-corrected chi connectivity index (χ2v) is 5.29. The van der Waals surface area contributed by atoms with Gasteiger partial charge in [-0.15, -0.1) is 5.10 Å². The van der Waals surface area contributed by atoms with Gasteiger partial charge in [0, 0.05) is 28.8 Å². The Morgan fingerprint density at radius 3 is 2.22 bits per heavy atom. The molecule has 2 N–H and O–H groups in total. The van der Waals surface area contributed by atoms with Crippen LogP contribution in [0.4, 0.5) is 0 Å². The van der Waals surface area contributed by atoms with Gasteiger partial charge in [-0.1, -0.05) is 29.5 Å². The fourth-order valence-electron chi connectivity index (χ4n) is 2.75. The van der Waals surface area contributed by atoms with Crippen molar-refractivity contribution in [1.29, 1.82) is 0 Å². The molecule has 1 aromatic heterocycles. The lowest BCUT2D eigenvalue weighted by Crippen LogP contribution is -2.21. The molecule has 1 aliphatic carbocycles. The van der Waals surface area contributed by atoms with Crippen LogP contribution in [-0.2, 0) is 6.54 Å². The molecular weight excluding hydrogens is 292 g/mol. The zero-order valence-electron chi connectivity index (χ0n) is 12.1. The van der Waals surface area contributed by atoms with Gasteiger partial charge >= 0.3 is 0 Å². The highest BCUT2D eigenvalue weighted by Gasteiger charge is 2.29. The van der Waals surface area contributed by atoms with Crippen LogP contribution >= 0.6 is 0 Å². The Morgan fingerprint density at radius 2 is 1.57 bits per heavy atom. The second kappa shape index (κ2) is 4.96. The number of rotatable bonds is 2. The molecule has 1 heterocycles. The van der Waals surface area contributed by atoms with Crippen molar-refractivity contribution in [2.45, 2.75) is 6.54 Å². The lowest BCUT2D eigenvalue weighted by molar-refractivity contribution is 0.0979. The number of aromatic nitrogens is 3. The Kier molecular flexibility index (Phi) is 2.92. The molecular formula is C17H12N4O2. The van der Waals surface area contributed by atoms with E-state index in [0.717, 1.165) is 0 Å². The van der Waals surface area contributed by atoms with Crippen molar-refractivity contribution in [3.8, 4) is 5.69 Å². The van der Waals surface area contributed by atoms with E-state index in [1.165, 1.54) is 0 Å². The Labute approximate surface area is 131 Å². The van der Waals surface area contributed by atoms with Crippen molar-refractivity contribution in [2.75, 3.05) is 0 Å². The van der Waals surface area contributed by atoms with Gasteiger partial charge in [0.1, 0.15) is 0 Å². The minimum absolute atomic E-state index is 0.136. The van der Waals surface area contributed by atoms with Gasteiger partial charge in [-0.25, -0.2) is 4.68 Å². The molecule has 0 atom stereocenters. The van der Waals surface area contributed by atoms with Crippen LogP contribution in [0.2, 0.25) is 0 Å². The third-order valence-corrected chi connectivity index (χ3v) is 3.92. The molecule has 23 heavy (non-hydrogen) atoms. The van der Waals surface area contributed by atoms with Crippen LogP contribution in [0.15, 0.2) is 48.7 Å². The number of hydrogen-bond donors (Lipinski definition) is 1. The lowest BCUT2D eigenvalue weighted by Gasteiger charge is -2.17. The topological polar surface area (TPSA) is 90.9 Å². The fourth-order valence-corrected chi connectivity index (χ4v) is 2.75. The molecule has 0 spiro atoms. The number of benzene rings is 2. The van der Waals surface area contributed by atoms with E-state index in [-0.39, 0.29) is 18.1 Å². The summed E-state index contributed by atoms with van der Waals surface area (Å²) in [6.07, 6.45) is 1.70. The van der Waals surface area contributed by atoms with Gasteiger partial charge in [0.25, 0.3) is 0 Å². The predicted octanol–water partition coefficient (Wildman–Crippen LogP) is 1.50. The molecule has 0 unspecified atom stereocenters. The minimum atomic E-state index is -0.156. The number of hydrogen-bond acceptors (Lipinski definition) is 5. The molecule has 0 amide bonds. The van der Waals surface area contributed by atoms with Crippen molar-refractivity contribution < 1.29 is 9.59 Å². The van der Waals surface area contributed by atoms with Crippen LogP contribution in [-0.4, -0.2) is 26.6 Å². The number of ketones is 2. The third kappa shape index (κ3) is 2.00. The van der Waals surface area contributed by atoms with Crippen LogP contribution in [0.5, 0.6) is 0 Å². The van der Waals surface area contributed by atoms with Crippen molar-refractivity contribution in [1.82, 2.24) is 15.0 Å². The first-order valence-corrected chi connectivity index (χ1v) is 7.13. The molecule has 6 nitrogen and oxygen atoms in total. The van der Waals surface area contributed by atoms with Crippen LogP contribution in [0, 0.1) is 0 Å². The summed E-state index contributed by atoms with van der Waals surface area (Å²) in [5.74, 6) is -0.292. The summed E-state index contributed by atoms with van der Waals surface area (Å²) in [7, 11) is 0. The maximum Gasteiger partial charge on any atom is 0.194 e. The minimum Gasteiger partial charge on any atom is -0.325 e. The van der Waals surface area contributed by atoms with Gasteiger partial charge < -0.3 is 5.73 Å². The predicted molar refractivity (Wildman–Crippen MR) is 82.6 cm³/mol. The fraction of sp³-hybridized carbons (Fsp3) is 0.0588. The van der Waals surface area contributed by atoms with E-state index < -0.39 is 0 Å². The number of carbonyl (C=O) groups is 2. The molecule has 0 aliphatic heterocycles. The van der Waals surface area contributed by atoms with Crippen LogP contribution < -0.4 is 5.73 Å². The van der Waals surface area contributed by atoms with Crippen molar-refractivity contribution in [3.63, 3.8) is 0 Å². The third-order valence-electron chi connectivity index (χ3n) is 3.92. The first-order valence-electron chi connectivity index (χ1n) is 7.13. The first-order chi connectivity index (χ1) is 11.2. The van der Waals surface area contributed by atoms with Crippen molar-refractivity contribution >= 4 is 11.6 Å². The van der Waals surface area contributed by atoms with Crippen LogP contribution in [0.1, 0.15) is 37.5 Å². The normalized spacial score (nSPS) is 12.9. The van der Waals surface area contributed by atoms with E-state index in [2.05, 4.69) is 10.3 Å². The Morgan fingerprint density at radius 1 is 0.913 bits per heavy atom. The number of fused-ring (bicyclic) bond motifs is 2. The average molecular weight is 304 g/mol. The van der Waals surface area contributed by atoms with Crippen LogP contribution in [0.3, 0.4) is 0 Å². The molecule has 0 saturated heterocycles. The van der Waals surface area contributed by atoms with E-state index in [9.17, 15) is 9.59 Å². The number of nitrogens with zero attached hydrogens (tertiary/aromatic N) is 3. The van der Waals surface area contributed by atoms with Gasteiger partial charge in [-0.05, 0) is 18.2 Å². The second-order valence-electron chi connectivity index (χ2n) is 5.29. The van der Waals surface area contributed by atoms with Crippen LogP contribution in [0.25, 0.3) is 5.69 Å². The summed E-state index contributed by atoms with van der Waals surface area (Å²) in [6, 6.07) is 11.9. The summed E-state index contributed by atoms with van der Waals surface area (Å²) < 4.78 is 1.54.